The third-order valence-corrected chi connectivity index (χ3v) is 2.48. The van der Waals surface area contributed by atoms with Gasteiger partial charge in [-0.05, 0) is 24.6 Å². The van der Waals surface area contributed by atoms with E-state index in [1.165, 1.54) is 0 Å². The maximum Gasteiger partial charge on any atom is 0.241 e. The topological polar surface area (TPSA) is 41.1 Å². The summed E-state index contributed by atoms with van der Waals surface area (Å²) >= 11 is 3.37. The first-order valence-corrected chi connectivity index (χ1v) is 5.16. The molecule has 0 aliphatic carbocycles. The SMILES string of the molecule is CNNC(=O)C(C)c1cccc(Br)c1. The van der Waals surface area contributed by atoms with Crippen molar-refractivity contribution in [1.82, 2.24) is 10.9 Å². The van der Waals surface area contributed by atoms with E-state index in [9.17, 15) is 4.79 Å². The van der Waals surface area contributed by atoms with Gasteiger partial charge in [-0.3, -0.25) is 10.2 Å². The largest absolute Gasteiger partial charge is 0.291 e. The number of hydrazine groups is 1. The van der Waals surface area contributed by atoms with Gasteiger partial charge in [-0.1, -0.05) is 28.1 Å². The molecule has 0 spiro atoms. The molecule has 4 heteroatoms. The number of benzene rings is 1. The van der Waals surface area contributed by atoms with Crippen molar-refractivity contribution in [2.75, 3.05) is 7.05 Å². The van der Waals surface area contributed by atoms with Gasteiger partial charge in [-0.15, -0.1) is 0 Å². The first-order chi connectivity index (χ1) is 6.65. The Hall–Kier alpha value is -0.870. The quantitative estimate of drug-likeness (QED) is 0.811. The van der Waals surface area contributed by atoms with Crippen LogP contribution in [-0.4, -0.2) is 13.0 Å². The Morgan fingerprint density at radius 1 is 1.50 bits per heavy atom. The molecule has 3 nitrogen and oxygen atoms in total. The van der Waals surface area contributed by atoms with Crippen LogP contribution in [0, 0.1) is 0 Å². The van der Waals surface area contributed by atoms with E-state index in [-0.39, 0.29) is 11.8 Å². The van der Waals surface area contributed by atoms with E-state index in [2.05, 4.69) is 26.8 Å². The number of hydrogen-bond acceptors (Lipinski definition) is 2. The third-order valence-electron chi connectivity index (χ3n) is 1.99. The van der Waals surface area contributed by atoms with Crippen molar-refractivity contribution in [3.05, 3.63) is 34.3 Å². The van der Waals surface area contributed by atoms with Crippen molar-refractivity contribution in [1.29, 1.82) is 0 Å². The van der Waals surface area contributed by atoms with E-state index < -0.39 is 0 Å². The molecule has 2 N–H and O–H groups in total. The lowest BCUT2D eigenvalue weighted by Gasteiger charge is -2.11. The molecule has 1 unspecified atom stereocenters. The molecule has 0 saturated heterocycles. The highest BCUT2D eigenvalue weighted by atomic mass is 79.9. The Morgan fingerprint density at radius 3 is 2.79 bits per heavy atom. The van der Waals surface area contributed by atoms with Crippen LogP contribution in [0.1, 0.15) is 18.4 Å². The molecule has 1 atom stereocenters. The van der Waals surface area contributed by atoms with Crippen molar-refractivity contribution < 1.29 is 4.79 Å². The van der Waals surface area contributed by atoms with E-state index in [0.717, 1.165) is 10.0 Å². The second kappa shape index (κ2) is 5.12. The number of hydrogen-bond donors (Lipinski definition) is 2. The van der Waals surface area contributed by atoms with Crippen LogP contribution >= 0.6 is 15.9 Å². The Balaban J connectivity index is 2.78. The molecule has 0 aliphatic rings. The van der Waals surface area contributed by atoms with Gasteiger partial charge >= 0.3 is 0 Å². The van der Waals surface area contributed by atoms with Crippen LogP contribution in [0.4, 0.5) is 0 Å². The highest BCUT2D eigenvalue weighted by Gasteiger charge is 2.13. The number of nitrogens with one attached hydrogen (secondary N) is 2. The van der Waals surface area contributed by atoms with Crippen molar-refractivity contribution in [3.63, 3.8) is 0 Å². The molecule has 1 rings (SSSR count). The molecular weight excluding hydrogens is 244 g/mol. The third kappa shape index (κ3) is 2.82. The smallest absolute Gasteiger partial charge is 0.241 e. The van der Waals surface area contributed by atoms with Crippen LogP contribution in [0.5, 0.6) is 0 Å². The summed E-state index contributed by atoms with van der Waals surface area (Å²) in [6.45, 7) is 1.87. The van der Waals surface area contributed by atoms with Crippen LogP contribution in [0.15, 0.2) is 28.7 Å². The summed E-state index contributed by atoms with van der Waals surface area (Å²) < 4.78 is 0.985. The van der Waals surface area contributed by atoms with Crippen molar-refractivity contribution in [3.8, 4) is 0 Å². The summed E-state index contributed by atoms with van der Waals surface area (Å²) in [5.41, 5.74) is 6.17. The lowest BCUT2D eigenvalue weighted by atomic mass is 10.0. The van der Waals surface area contributed by atoms with Crippen molar-refractivity contribution in [2.24, 2.45) is 0 Å². The van der Waals surface area contributed by atoms with Crippen molar-refractivity contribution in [2.45, 2.75) is 12.8 Å². The van der Waals surface area contributed by atoms with Crippen LogP contribution < -0.4 is 10.9 Å². The number of carbonyl (C=O) groups is 1. The zero-order valence-electron chi connectivity index (χ0n) is 8.17. The molecule has 0 fully saturated rings. The maximum absolute atomic E-state index is 11.5. The lowest BCUT2D eigenvalue weighted by Crippen LogP contribution is -2.37. The molecule has 0 saturated carbocycles. The molecule has 76 valence electrons. The minimum atomic E-state index is -0.153. The number of amides is 1. The number of halogens is 1. The molecule has 0 aliphatic heterocycles. The molecule has 0 bridgehead atoms. The average Bonchev–Trinajstić information content (AvgIpc) is 2.17. The monoisotopic (exact) mass is 256 g/mol. The maximum atomic E-state index is 11.5. The summed E-state index contributed by atoms with van der Waals surface area (Å²) in [5, 5.41) is 0. The van der Waals surface area contributed by atoms with E-state index in [0.29, 0.717) is 0 Å². The van der Waals surface area contributed by atoms with E-state index >= 15 is 0 Å². The number of rotatable bonds is 3. The minimum absolute atomic E-state index is 0.0365. The summed E-state index contributed by atoms with van der Waals surface area (Å²) in [6, 6.07) is 7.74. The second-order valence-electron chi connectivity index (χ2n) is 3.02. The molecule has 0 radical (unpaired) electrons. The van der Waals surface area contributed by atoms with Gasteiger partial charge in [0, 0.05) is 11.5 Å². The number of carbonyl (C=O) groups excluding carboxylic acids is 1. The average molecular weight is 257 g/mol. The fourth-order valence-electron chi connectivity index (χ4n) is 1.16. The standard InChI is InChI=1S/C10H13BrN2O/c1-7(10(14)13-12-2)8-4-3-5-9(11)6-8/h3-7,12H,1-2H3,(H,13,14). The van der Waals surface area contributed by atoms with Gasteiger partial charge in [0.1, 0.15) is 0 Å². The van der Waals surface area contributed by atoms with Crippen LogP contribution in [0.3, 0.4) is 0 Å². The Labute approximate surface area is 92.0 Å². The van der Waals surface area contributed by atoms with Crippen LogP contribution in [0.2, 0.25) is 0 Å². The summed E-state index contributed by atoms with van der Waals surface area (Å²) in [6.07, 6.45) is 0. The molecular formula is C10H13BrN2O. The van der Waals surface area contributed by atoms with Gasteiger partial charge in [0.15, 0.2) is 0 Å². The van der Waals surface area contributed by atoms with Crippen LogP contribution in [0.25, 0.3) is 0 Å². The fraction of sp³-hybridized carbons (Fsp3) is 0.300. The Morgan fingerprint density at radius 2 is 2.21 bits per heavy atom. The van der Waals surface area contributed by atoms with E-state index in [4.69, 9.17) is 0 Å². The molecule has 14 heavy (non-hydrogen) atoms. The first-order valence-electron chi connectivity index (χ1n) is 4.37. The summed E-state index contributed by atoms with van der Waals surface area (Å²) in [7, 11) is 1.67. The normalized spacial score (nSPS) is 12.2. The predicted molar refractivity (Wildman–Crippen MR) is 59.8 cm³/mol. The molecule has 0 heterocycles. The zero-order chi connectivity index (χ0) is 10.6. The van der Waals surface area contributed by atoms with E-state index in [1.807, 2.05) is 31.2 Å². The molecule has 0 aromatic heterocycles. The zero-order valence-corrected chi connectivity index (χ0v) is 9.76. The van der Waals surface area contributed by atoms with Gasteiger partial charge in [0.05, 0.1) is 5.92 Å². The lowest BCUT2D eigenvalue weighted by molar-refractivity contribution is -0.123. The molecule has 1 aromatic rings. The molecule has 1 amide bonds. The minimum Gasteiger partial charge on any atom is -0.291 e. The highest BCUT2D eigenvalue weighted by Crippen LogP contribution is 2.19. The second-order valence-corrected chi connectivity index (χ2v) is 3.93. The van der Waals surface area contributed by atoms with Crippen LogP contribution in [-0.2, 0) is 4.79 Å². The van der Waals surface area contributed by atoms with Gasteiger partial charge in [-0.2, -0.15) is 0 Å². The Bertz CT molecular complexity index is 328. The van der Waals surface area contributed by atoms with Gasteiger partial charge < -0.3 is 0 Å². The van der Waals surface area contributed by atoms with Gasteiger partial charge in [-0.25, -0.2) is 5.43 Å². The summed E-state index contributed by atoms with van der Waals surface area (Å²) in [4.78, 5) is 11.5. The molecule has 1 aromatic carbocycles. The van der Waals surface area contributed by atoms with E-state index in [1.54, 1.807) is 7.05 Å². The first kappa shape index (κ1) is 11.2. The van der Waals surface area contributed by atoms with Gasteiger partial charge in [0.25, 0.3) is 0 Å². The van der Waals surface area contributed by atoms with Gasteiger partial charge in [0.2, 0.25) is 5.91 Å². The summed E-state index contributed by atoms with van der Waals surface area (Å²) in [5.74, 6) is -0.189. The predicted octanol–water partition coefficient (Wildman–Crippen LogP) is 1.80. The Kier molecular flexibility index (Phi) is 4.10. The fourth-order valence-corrected chi connectivity index (χ4v) is 1.58. The highest BCUT2D eigenvalue weighted by molar-refractivity contribution is 9.10. The van der Waals surface area contributed by atoms with Crippen molar-refractivity contribution >= 4 is 21.8 Å².